The Morgan fingerprint density at radius 2 is 1.93 bits per heavy atom. The van der Waals surface area contributed by atoms with E-state index in [0.29, 0.717) is 48.7 Å². The number of nitrogens with one attached hydrogen (secondary N) is 2. The van der Waals surface area contributed by atoms with Gasteiger partial charge in [0.15, 0.2) is 0 Å². The van der Waals surface area contributed by atoms with Gasteiger partial charge in [-0.2, -0.15) is 27.7 Å². The van der Waals surface area contributed by atoms with Crippen molar-refractivity contribution in [2.24, 2.45) is 5.73 Å². The molecule has 4 heterocycles. The number of piperidine rings is 1. The number of sulfonamides is 1. The summed E-state index contributed by atoms with van der Waals surface area (Å²) in [6, 6.07) is 3.64. The van der Waals surface area contributed by atoms with Crippen LogP contribution in [-0.2, 0) is 42.3 Å². The lowest BCUT2D eigenvalue weighted by Gasteiger charge is -2.32. The second-order valence-electron chi connectivity index (χ2n) is 10.7. The van der Waals surface area contributed by atoms with Crippen LogP contribution in [0.3, 0.4) is 0 Å². The summed E-state index contributed by atoms with van der Waals surface area (Å²) in [5, 5.41) is 22.1. The molecule has 0 bridgehead atoms. The van der Waals surface area contributed by atoms with Crippen molar-refractivity contribution in [2.45, 2.75) is 57.1 Å². The summed E-state index contributed by atoms with van der Waals surface area (Å²) < 4.78 is 68.0. The van der Waals surface area contributed by atoms with E-state index in [0.717, 1.165) is 30.9 Å². The van der Waals surface area contributed by atoms with Crippen LogP contribution in [0.5, 0.6) is 0 Å². The molecule has 1 fully saturated rings. The number of halogens is 3. The van der Waals surface area contributed by atoms with Gasteiger partial charge in [0.1, 0.15) is 5.82 Å². The summed E-state index contributed by atoms with van der Waals surface area (Å²) in [6.07, 6.45) is -2.36. The number of benzene rings is 1. The van der Waals surface area contributed by atoms with Crippen molar-refractivity contribution in [3.63, 3.8) is 0 Å². The molecular weight excluding hydrogens is 565 g/mol. The van der Waals surface area contributed by atoms with Crippen molar-refractivity contribution in [3.8, 4) is 11.3 Å². The molecule has 0 aliphatic carbocycles. The molecule has 1 unspecified atom stereocenters. The van der Waals surface area contributed by atoms with Gasteiger partial charge in [-0.25, -0.2) is 18.3 Å². The van der Waals surface area contributed by atoms with Gasteiger partial charge in [0.05, 0.1) is 30.2 Å². The number of hydrogen-bond donors (Lipinski definition) is 4. The lowest BCUT2D eigenvalue weighted by molar-refractivity contribution is -0.138. The number of alkyl halides is 3. The Kier molecular flexibility index (Phi) is 8.13. The molecule has 12 nitrogen and oxygen atoms in total. The number of nitrogens with two attached hydrogens (primary N) is 1. The van der Waals surface area contributed by atoms with Gasteiger partial charge in [-0.1, -0.05) is 6.07 Å². The fourth-order valence-corrected chi connectivity index (χ4v) is 6.53. The van der Waals surface area contributed by atoms with E-state index < -0.39 is 27.9 Å². The fourth-order valence-electron chi connectivity index (χ4n) is 5.74. The van der Waals surface area contributed by atoms with E-state index in [4.69, 9.17) is 5.73 Å². The molecule has 1 atom stereocenters. The van der Waals surface area contributed by atoms with Gasteiger partial charge in [-0.05, 0) is 43.6 Å². The van der Waals surface area contributed by atoms with Crippen molar-refractivity contribution >= 4 is 10.0 Å². The highest BCUT2D eigenvalue weighted by molar-refractivity contribution is 7.88. The van der Waals surface area contributed by atoms with Crippen molar-refractivity contribution in [1.82, 2.24) is 34.2 Å². The SMILES string of the molecule is CS(=O)(=O)N1CCc2c(c(-c3ccc(C(F)(F)F)c(CN)c3)nn2CC(O)CN2CCC(c3n[nH]c(=O)[nH]3)CC2)C1. The van der Waals surface area contributed by atoms with Crippen molar-refractivity contribution in [1.29, 1.82) is 0 Å². The highest BCUT2D eigenvalue weighted by Crippen LogP contribution is 2.36. The molecule has 2 aliphatic rings. The third kappa shape index (κ3) is 6.40. The smallest absolute Gasteiger partial charge is 0.390 e. The number of aliphatic hydroxyl groups is 1. The number of aromatic nitrogens is 5. The first kappa shape index (κ1) is 29.4. The predicted molar refractivity (Wildman–Crippen MR) is 143 cm³/mol. The summed E-state index contributed by atoms with van der Waals surface area (Å²) in [6.45, 7) is 1.86. The molecule has 1 saturated heterocycles. The molecule has 5 rings (SSSR count). The third-order valence-electron chi connectivity index (χ3n) is 7.82. The van der Waals surface area contributed by atoms with Crippen LogP contribution in [0.1, 0.15) is 47.0 Å². The molecule has 0 amide bonds. The van der Waals surface area contributed by atoms with E-state index in [1.54, 1.807) is 4.68 Å². The first-order chi connectivity index (χ1) is 19.3. The number of likely N-dealkylation sites (tertiary alicyclic amines) is 1. The van der Waals surface area contributed by atoms with Crippen molar-refractivity contribution in [3.05, 3.63) is 56.9 Å². The molecule has 0 saturated carbocycles. The zero-order chi connectivity index (χ0) is 29.5. The zero-order valence-corrected chi connectivity index (χ0v) is 23.3. The van der Waals surface area contributed by atoms with Crippen LogP contribution < -0.4 is 11.4 Å². The molecular formula is C25H33F3N8O4S. The number of β-amino-alcohol motifs (C(OH)–C–C–N with tert-alkyl or cyclic N) is 1. The van der Waals surface area contributed by atoms with Gasteiger partial charge in [0, 0.05) is 55.3 Å². The number of aromatic amines is 2. The van der Waals surface area contributed by atoms with E-state index in [9.17, 15) is 31.5 Å². The normalized spacial score (nSPS) is 18.5. The Morgan fingerprint density at radius 3 is 2.54 bits per heavy atom. The summed E-state index contributed by atoms with van der Waals surface area (Å²) in [7, 11) is -3.52. The molecule has 5 N–H and O–H groups in total. The maximum Gasteiger partial charge on any atom is 0.416 e. The van der Waals surface area contributed by atoms with E-state index in [1.165, 1.54) is 16.4 Å². The molecule has 3 aromatic rings. The van der Waals surface area contributed by atoms with Crippen LogP contribution in [0, 0.1) is 0 Å². The largest absolute Gasteiger partial charge is 0.416 e. The lowest BCUT2D eigenvalue weighted by Crippen LogP contribution is -2.40. The summed E-state index contributed by atoms with van der Waals surface area (Å²) in [5.74, 6) is 0.762. The fraction of sp³-hybridized carbons (Fsp3) is 0.560. The van der Waals surface area contributed by atoms with Crippen LogP contribution in [0.2, 0.25) is 0 Å². The van der Waals surface area contributed by atoms with Gasteiger partial charge < -0.3 is 15.7 Å². The van der Waals surface area contributed by atoms with E-state index in [-0.39, 0.29) is 43.4 Å². The van der Waals surface area contributed by atoms with Crippen LogP contribution >= 0.6 is 0 Å². The maximum absolute atomic E-state index is 13.5. The molecule has 224 valence electrons. The number of hydrogen-bond acceptors (Lipinski definition) is 8. The lowest BCUT2D eigenvalue weighted by atomic mass is 9.96. The molecule has 1 aromatic carbocycles. The molecule has 2 aromatic heterocycles. The number of fused-ring (bicyclic) bond motifs is 1. The summed E-state index contributed by atoms with van der Waals surface area (Å²) in [4.78, 5) is 16.2. The zero-order valence-electron chi connectivity index (χ0n) is 22.5. The second-order valence-corrected chi connectivity index (χ2v) is 12.7. The number of aliphatic hydroxyl groups excluding tert-OH is 1. The minimum absolute atomic E-state index is 0.0291. The van der Waals surface area contributed by atoms with Crippen molar-refractivity contribution in [2.75, 3.05) is 32.4 Å². The van der Waals surface area contributed by atoms with Gasteiger partial charge in [0.2, 0.25) is 10.0 Å². The van der Waals surface area contributed by atoms with Crippen LogP contribution in [0.15, 0.2) is 23.0 Å². The third-order valence-corrected chi connectivity index (χ3v) is 9.07. The van der Waals surface area contributed by atoms with E-state index in [2.05, 4.69) is 25.2 Å². The van der Waals surface area contributed by atoms with E-state index in [1.807, 2.05) is 0 Å². The maximum atomic E-state index is 13.5. The average Bonchev–Trinajstić information content (AvgIpc) is 3.51. The first-order valence-electron chi connectivity index (χ1n) is 13.3. The predicted octanol–water partition coefficient (Wildman–Crippen LogP) is 0.997. The molecule has 41 heavy (non-hydrogen) atoms. The Balaban J connectivity index is 1.37. The minimum Gasteiger partial charge on any atom is -0.390 e. The Morgan fingerprint density at radius 1 is 1.20 bits per heavy atom. The first-order valence-corrected chi connectivity index (χ1v) is 15.2. The van der Waals surface area contributed by atoms with Gasteiger partial charge >= 0.3 is 11.9 Å². The van der Waals surface area contributed by atoms with Crippen molar-refractivity contribution < 1.29 is 26.7 Å². The second kappa shape index (κ2) is 11.3. The number of rotatable bonds is 8. The quantitative estimate of drug-likeness (QED) is 0.298. The minimum atomic E-state index is -4.56. The van der Waals surface area contributed by atoms with E-state index >= 15 is 0 Å². The topological polar surface area (TPSA) is 166 Å². The average molecular weight is 599 g/mol. The summed E-state index contributed by atoms with van der Waals surface area (Å²) >= 11 is 0. The monoisotopic (exact) mass is 598 g/mol. The molecule has 2 aliphatic heterocycles. The van der Waals surface area contributed by atoms with Gasteiger partial charge in [-0.15, -0.1) is 0 Å². The van der Waals surface area contributed by atoms with Crippen LogP contribution in [-0.4, -0.2) is 86.2 Å². The summed E-state index contributed by atoms with van der Waals surface area (Å²) in [5.41, 5.74) is 6.51. The Bertz CT molecular complexity index is 1560. The standard InChI is InChI=1S/C25H33F3N8O4S/c1-41(39,40)35-9-6-21-19(14-35)22(16-2-3-20(25(26,27)28)17(10-16)11-29)33-36(21)13-18(37)12-34-7-4-15(5-8-34)23-30-24(38)32-31-23/h2-3,10,15,18,37H,4-9,11-14,29H2,1H3,(H2,30,31,32,38). The van der Waals surface area contributed by atoms with Crippen LogP contribution in [0.4, 0.5) is 13.2 Å². The molecule has 16 heteroatoms. The highest BCUT2D eigenvalue weighted by atomic mass is 32.2. The Hall–Kier alpha value is -3.05. The van der Waals surface area contributed by atoms with Gasteiger partial charge in [0.25, 0.3) is 0 Å². The van der Waals surface area contributed by atoms with Crippen LogP contribution in [0.25, 0.3) is 11.3 Å². The Labute approximate surface area is 234 Å². The molecule has 0 spiro atoms. The number of nitrogens with zero attached hydrogens (tertiary/aromatic N) is 5. The van der Waals surface area contributed by atoms with Gasteiger partial charge in [-0.3, -0.25) is 9.67 Å². The number of H-pyrrole nitrogens is 2. The molecule has 0 radical (unpaired) electrons. The highest BCUT2D eigenvalue weighted by Gasteiger charge is 2.35.